The van der Waals surface area contributed by atoms with Gasteiger partial charge in [-0.2, -0.15) is 5.10 Å². The van der Waals surface area contributed by atoms with E-state index in [0.29, 0.717) is 17.2 Å². The van der Waals surface area contributed by atoms with E-state index >= 15 is 0 Å². The maximum Gasteiger partial charge on any atom is 0.271 e. The van der Waals surface area contributed by atoms with E-state index in [1.165, 1.54) is 0 Å². The number of rotatable bonds is 3. The minimum atomic E-state index is -0.688. The number of amides is 1. The Kier molecular flexibility index (Phi) is 3.87. The van der Waals surface area contributed by atoms with E-state index in [1.807, 2.05) is 0 Å². The standard InChI is InChI=1S/C16H14N2O6/c1-8(9-2-3-13-14(6-9)24-7-23-13)17-18-16(22)10-4-11(19)15(21)12(20)5-10/h2-6,19-21H,7H2,1H3,(H,18,22)/b17-8+. The lowest BCUT2D eigenvalue weighted by Gasteiger charge is -2.06. The normalized spacial score (nSPS) is 13.0. The van der Waals surface area contributed by atoms with Gasteiger partial charge in [0.15, 0.2) is 28.7 Å². The fourth-order valence-corrected chi connectivity index (χ4v) is 2.12. The zero-order chi connectivity index (χ0) is 17.3. The van der Waals surface area contributed by atoms with Crippen molar-refractivity contribution < 1.29 is 29.6 Å². The van der Waals surface area contributed by atoms with Crippen molar-refractivity contribution in [2.45, 2.75) is 6.92 Å². The van der Waals surface area contributed by atoms with Crippen molar-refractivity contribution in [2.24, 2.45) is 5.10 Å². The highest BCUT2D eigenvalue weighted by Crippen LogP contribution is 2.35. The van der Waals surface area contributed by atoms with Crippen LogP contribution in [0.3, 0.4) is 0 Å². The van der Waals surface area contributed by atoms with Gasteiger partial charge in [0, 0.05) is 11.1 Å². The van der Waals surface area contributed by atoms with Crippen molar-refractivity contribution in [2.75, 3.05) is 6.79 Å². The van der Waals surface area contributed by atoms with Crippen LogP contribution in [0.5, 0.6) is 28.7 Å². The number of carbonyl (C=O) groups is 1. The van der Waals surface area contributed by atoms with Gasteiger partial charge in [-0.05, 0) is 37.3 Å². The largest absolute Gasteiger partial charge is 0.504 e. The Morgan fingerprint density at radius 1 is 1.04 bits per heavy atom. The molecule has 0 atom stereocenters. The predicted molar refractivity (Wildman–Crippen MR) is 83.7 cm³/mol. The maximum absolute atomic E-state index is 12.0. The summed E-state index contributed by atoms with van der Waals surface area (Å²) in [6.07, 6.45) is 0. The minimum absolute atomic E-state index is 0.0509. The third-order valence-electron chi connectivity index (χ3n) is 3.45. The number of hydrogen-bond acceptors (Lipinski definition) is 7. The smallest absolute Gasteiger partial charge is 0.271 e. The third kappa shape index (κ3) is 2.89. The van der Waals surface area contributed by atoms with Crippen molar-refractivity contribution >= 4 is 11.6 Å². The molecule has 0 fully saturated rings. The van der Waals surface area contributed by atoms with E-state index in [2.05, 4.69) is 10.5 Å². The predicted octanol–water partition coefficient (Wildman–Crippen LogP) is 1.69. The molecule has 3 rings (SSSR count). The van der Waals surface area contributed by atoms with Crippen LogP contribution in [0.4, 0.5) is 0 Å². The highest BCUT2D eigenvalue weighted by atomic mass is 16.7. The molecule has 0 bridgehead atoms. The van der Waals surface area contributed by atoms with Crippen molar-refractivity contribution in [3.63, 3.8) is 0 Å². The number of ether oxygens (including phenoxy) is 2. The Hall–Kier alpha value is -3.42. The van der Waals surface area contributed by atoms with Crippen LogP contribution in [0.1, 0.15) is 22.8 Å². The summed E-state index contributed by atoms with van der Waals surface area (Å²) >= 11 is 0. The molecule has 0 spiro atoms. The van der Waals surface area contributed by atoms with Gasteiger partial charge in [-0.3, -0.25) is 4.79 Å². The molecular weight excluding hydrogens is 316 g/mol. The average molecular weight is 330 g/mol. The van der Waals surface area contributed by atoms with Crippen molar-refractivity contribution in [1.29, 1.82) is 0 Å². The van der Waals surface area contributed by atoms with Crippen LogP contribution >= 0.6 is 0 Å². The number of aromatic hydroxyl groups is 3. The van der Waals surface area contributed by atoms with Gasteiger partial charge >= 0.3 is 0 Å². The Morgan fingerprint density at radius 2 is 1.71 bits per heavy atom. The number of nitrogens with zero attached hydrogens (tertiary/aromatic N) is 1. The molecule has 8 heteroatoms. The number of fused-ring (bicyclic) bond motifs is 1. The van der Waals surface area contributed by atoms with Crippen LogP contribution in [0.15, 0.2) is 35.4 Å². The Bertz CT molecular complexity index is 823. The molecule has 0 aromatic heterocycles. The van der Waals surface area contributed by atoms with Gasteiger partial charge < -0.3 is 24.8 Å². The molecule has 1 aliphatic heterocycles. The molecule has 2 aromatic rings. The highest BCUT2D eigenvalue weighted by Gasteiger charge is 2.15. The fraction of sp³-hybridized carbons (Fsp3) is 0.125. The Labute approximate surface area is 136 Å². The van der Waals surface area contributed by atoms with Crippen molar-refractivity contribution in [1.82, 2.24) is 5.43 Å². The maximum atomic E-state index is 12.0. The molecule has 0 aliphatic carbocycles. The summed E-state index contributed by atoms with van der Waals surface area (Å²) in [5.41, 5.74) is 3.52. The summed E-state index contributed by atoms with van der Waals surface area (Å²) < 4.78 is 10.5. The van der Waals surface area contributed by atoms with Gasteiger partial charge in [-0.15, -0.1) is 0 Å². The number of phenolic OH excluding ortho intramolecular Hbond substituents is 3. The number of nitrogens with one attached hydrogen (secondary N) is 1. The molecule has 24 heavy (non-hydrogen) atoms. The van der Waals surface area contributed by atoms with Crippen molar-refractivity contribution in [3.05, 3.63) is 41.5 Å². The number of hydrogen-bond donors (Lipinski definition) is 4. The number of carbonyl (C=O) groups excluding carboxylic acids is 1. The molecule has 0 radical (unpaired) electrons. The number of hydrazone groups is 1. The summed E-state index contributed by atoms with van der Waals surface area (Å²) in [6, 6.07) is 7.31. The molecule has 2 aromatic carbocycles. The van der Waals surface area contributed by atoms with E-state index in [0.717, 1.165) is 17.7 Å². The monoisotopic (exact) mass is 330 g/mol. The molecule has 1 aliphatic rings. The van der Waals surface area contributed by atoms with E-state index in [4.69, 9.17) is 9.47 Å². The van der Waals surface area contributed by atoms with E-state index < -0.39 is 23.2 Å². The van der Waals surface area contributed by atoms with Gasteiger partial charge in [0.25, 0.3) is 5.91 Å². The lowest BCUT2D eigenvalue weighted by atomic mass is 10.1. The van der Waals surface area contributed by atoms with E-state index in [9.17, 15) is 20.1 Å². The van der Waals surface area contributed by atoms with Crippen LogP contribution < -0.4 is 14.9 Å². The zero-order valence-electron chi connectivity index (χ0n) is 12.6. The molecular formula is C16H14N2O6. The first-order valence-corrected chi connectivity index (χ1v) is 6.95. The van der Waals surface area contributed by atoms with E-state index in [1.54, 1.807) is 25.1 Å². The summed E-state index contributed by atoms with van der Waals surface area (Å²) in [6.45, 7) is 1.86. The summed E-state index contributed by atoms with van der Waals surface area (Å²) in [7, 11) is 0. The van der Waals surface area contributed by atoms with E-state index in [-0.39, 0.29) is 12.4 Å². The molecule has 124 valence electrons. The molecule has 1 amide bonds. The fourth-order valence-electron chi connectivity index (χ4n) is 2.12. The quantitative estimate of drug-likeness (QED) is 0.386. The second-order valence-electron chi connectivity index (χ2n) is 5.07. The van der Waals surface area contributed by atoms with Crippen LogP contribution in [0.25, 0.3) is 0 Å². The summed E-state index contributed by atoms with van der Waals surface area (Å²) in [4.78, 5) is 12.0. The van der Waals surface area contributed by atoms with Gasteiger partial charge in [-0.25, -0.2) is 5.43 Å². The van der Waals surface area contributed by atoms with Gasteiger partial charge in [0.1, 0.15) is 0 Å². The highest BCUT2D eigenvalue weighted by molar-refractivity contribution is 6.01. The molecule has 8 nitrogen and oxygen atoms in total. The third-order valence-corrected chi connectivity index (χ3v) is 3.45. The molecule has 0 saturated carbocycles. The minimum Gasteiger partial charge on any atom is -0.504 e. The Morgan fingerprint density at radius 3 is 2.42 bits per heavy atom. The molecule has 4 N–H and O–H groups in total. The molecule has 0 unspecified atom stereocenters. The molecule has 1 heterocycles. The van der Waals surface area contributed by atoms with Gasteiger partial charge in [0.05, 0.1) is 5.71 Å². The van der Waals surface area contributed by atoms with Crippen LogP contribution in [0.2, 0.25) is 0 Å². The Balaban J connectivity index is 1.76. The van der Waals surface area contributed by atoms with Gasteiger partial charge in [0.2, 0.25) is 6.79 Å². The first-order chi connectivity index (χ1) is 11.5. The zero-order valence-corrected chi connectivity index (χ0v) is 12.6. The topological polar surface area (TPSA) is 121 Å². The second-order valence-corrected chi connectivity index (χ2v) is 5.07. The number of benzene rings is 2. The van der Waals surface area contributed by atoms with Crippen LogP contribution in [-0.2, 0) is 0 Å². The van der Waals surface area contributed by atoms with Crippen LogP contribution in [0, 0.1) is 0 Å². The lowest BCUT2D eigenvalue weighted by molar-refractivity contribution is 0.0954. The first kappa shape index (κ1) is 15.5. The van der Waals surface area contributed by atoms with Crippen LogP contribution in [-0.4, -0.2) is 33.7 Å². The summed E-state index contributed by atoms with van der Waals surface area (Å²) in [5.74, 6) is -1.30. The first-order valence-electron chi connectivity index (χ1n) is 6.95. The van der Waals surface area contributed by atoms with Gasteiger partial charge in [-0.1, -0.05) is 0 Å². The molecule has 0 saturated heterocycles. The lowest BCUT2D eigenvalue weighted by Crippen LogP contribution is -2.19. The van der Waals surface area contributed by atoms with Crippen molar-refractivity contribution in [3.8, 4) is 28.7 Å². The SMILES string of the molecule is C/C(=N\NC(=O)c1cc(O)c(O)c(O)c1)c1ccc2c(c1)OCO2. The average Bonchev–Trinajstić information content (AvgIpc) is 3.04. The summed E-state index contributed by atoms with van der Waals surface area (Å²) in [5, 5.41) is 32.1. The number of phenols is 3. The second kappa shape index (κ2) is 5.99.